The number of hydrogen-bond donors (Lipinski definition) is 2. The molecule has 0 bridgehead atoms. The van der Waals surface area contributed by atoms with E-state index in [4.69, 9.17) is 16.3 Å². The van der Waals surface area contributed by atoms with Gasteiger partial charge in [-0.05, 0) is 61.7 Å². The van der Waals surface area contributed by atoms with Gasteiger partial charge >= 0.3 is 6.18 Å². The molecule has 6 nitrogen and oxygen atoms in total. The summed E-state index contributed by atoms with van der Waals surface area (Å²) in [5.74, 6) is -1.04. The predicted molar refractivity (Wildman–Crippen MR) is 142 cm³/mol. The molecule has 11 heteroatoms. The Balaban J connectivity index is 1.75. The Kier molecular flexibility index (Phi) is 7.15. The van der Waals surface area contributed by atoms with Gasteiger partial charge in [0.25, 0.3) is 0 Å². The highest BCUT2D eigenvalue weighted by atomic mass is 35.5. The summed E-state index contributed by atoms with van der Waals surface area (Å²) in [4.78, 5) is 5.92. The van der Waals surface area contributed by atoms with Gasteiger partial charge in [0.1, 0.15) is 11.9 Å². The quantitative estimate of drug-likeness (QED) is 0.315. The van der Waals surface area contributed by atoms with Gasteiger partial charge in [0.2, 0.25) is 0 Å². The lowest BCUT2D eigenvalue weighted by Crippen LogP contribution is -2.45. The molecule has 0 spiro atoms. The molecule has 2 heterocycles. The molecule has 1 unspecified atom stereocenters. The number of nitriles is 1. The SMILES string of the molecule is C=C1c2cc(C(C)(O)C(F)(F)F)cc(F)c2[C@](OCC2(CO)CC2)(c2ccc(Cl)cc2)N1Cc1ccc(C#N)cn1. The molecule has 1 aliphatic heterocycles. The van der Waals surface area contributed by atoms with E-state index in [1.54, 1.807) is 41.3 Å². The highest BCUT2D eigenvalue weighted by molar-refractivity contribution is 6.30. The third kappa shape index (κ3) is 4.87. The fourth-order valence-electron chi connectivity index (χ4n) is 5.04. The Morgan fingerprint density at radius 2 is 1.85 bits per heavy atom. The van der Waals surface area contributed by atoms with Gasteiger partial charge in [-0.25, -0.2) is 4.39 Å². The molecule has 0 amide bonds. The van der Waals surface area contributed by atoms with Crippen molar-refractivity contribution in [2.24, 2.45) is 5.41 Å². The first-order valence-electron chi connectivity index (χ1n) is 12.7. The van der Waals surface area contributed by atoms with Crippen molar-refractivity contribution in [1.29, 1.82) is 5.26 Å². The summed E-state index contributed by atoms with van der Waals surface area (Å²) in [6, 6.07) is 13.3. The zero-order valence-corrected chi connectivity index (χ0v) is 22.7. The van der Waals surface area contributed by atoms with E-state index in [1.165, 1.54) is 6.20 Å². The van der Waals surface area contributed by atoms with E-state index in [9.17, 15) is 28.6 Å². The second kappa shape index (κ2) is 10.1. The zero-order chi connectivity index (χ0) is 29.8. The average molecular weight is 588 g/mol. The molecule has 41 heavy (non-hydrogen) atoms. The molecule has 2 atom stereocenters. The van der Waals surface area contributed by atoms with Crippen LogP contribution < -0.4 is 0 Å². The lowest BCUT2D eigenvalue weighted by Gasteiger charge is -2.42. The number of aliphatic hydroxyl groups is 2. The van der Waals surface area contributed by atoms with Crippen molar-refractivity contribution in [1.82, 2.24) is 9.88 Å². The standard InChI is InChI=1S/C30H26ClF4N3O3/c1-18-24-11-21(27(2,40)30(33,34)35)12-25(32)26(24)29(20-4-6-22(31)7-5-20,41-17-28(16-39)9-10-28)38(18)15-23-8-3-19(13-36)14-37-23/h3-8,11-12,14,39-40H,1,9-10,15-17H2,2H3/t27?,29-/m1/s1. The van der Waals surface area contributed by atoms with E-state index < -0.39 is 34.3 Å². The van der Waals surface area contributed by atoms with Crippen molar-refractivity contribution in [2.45, 2.75) is 43.8 Å². The van der Waals surface area contributed by atoms with Crippen LogP contribution in [0.5, 0.6) is 0 Å². The Bertz CT molecular complexity index is 1530. The lowest BCUT2D eigenvalue weighted by molar-refractivity contribution is -0.258. The second-order valence-corrected chi connectivity index (χ2v) is 11.2. The highest BCUT2D eigenvalue weighted by Gasteiger charge is 2.56. The van der Waals surface area contributed by atoms with Crippen molar-refractivity contribution in [3.63, 3.8) is 0 Å². The molecule has 2 N–H and O–H groups in total. The molecule has 2 aliphatic rings. The first-order chi connectivity index (χ1) is 19.3. The first kappa shape index (κ1) is 29.0. The number of benzene rings is 2. The van der Waals surface area contributed by atoms with Crippen molar-refractivity contribution >= 4 is 17.3 Å². The fraction of sp³-hybridized carbons (Fsp3) is 0.333. The molecular weight excluding hydrogens is 562 g/mol. The van der Waals surface area contributed by atoms with Gasteiger partial charge in [-0.3, -0.25) is 4.98 Å². The van der Waals surface area contributed by atoms with Crippen LogP contribution in [0, 0.1) is 22.6 Å². The number of ether oxygens (including phenoxy) is 1. The number of aromatic nitrogens is 1. The summed E-state index contributed by atoms with van der Waals surface area (Å²) in [7, 11) is 0. The minimum Gasteiger partial charge on any atom is -0.396 e. The summed E-state index contributed by atoms with van der Waals surface area (Å²) >= 11 is 6.16. The zero-order valence-electron chi connectivity index (χ0n) is 22.0. The van der Waals surface area contributed by atoms with Gasteiger partial charge in [0, 0.05) is 33.5 Å². The number of halogens is 5. The number of pyridine rings is 1. The number of fused-ring (bicyclic) bond motifs is 1. The Hall–Kier alpha value is -3.49. The van der Waals surface area contributed by atoms with Crippen LogP contribution in [0.1, 0.15) is 53.3 Å². The average Bonchev–Trinajstić information content (AvgIpc) is 3.68. The molecule has 1 aromatic heterocycles. The first-order valence-corrected chi connectivity index (χ1v) is 13.1. The smallest absolute Gasteiger partial charge is 0.396 e. The minimum atomic E-state index is -5.08. The summed E-state index contributed by atoms with van der Waals surface area (Å²) in [6.45, 7) is 4.49. The molecule has 2 aromatic carbocycles. The van der Waals surface area contributed by atoms with Crippen molar-refractivity contribution in [3.8, 4) is 6.07 Å². The number of nitrogens with zero attached hydrogens (tertiary/aromatic N) is 3. The van der Waals surface area contributed by atoms with Gasteiger partial charge in [0.05, 0.1) is 36.6 Å². The number of rotatable bonds is 8. The van der Waals surface area contributed by atoms with Crippen LogP contribution in [0.4, 0.5) is 17.6 Å². The molecule has 5 rings (SSSR count). The second-order valence-electron chi connectivity index (χ2n) is 10.7. The van der Waals surface area contributed by atoms with E-state index in [0.29, 0.717) is 47.7 Å². The van der Waals surface area contributed by atoms with Crippen LogP contribution in [0.3, 0.4) is 0 Å². The molecule has 0 radical (unpaired) electrons. The van der Waals surface area contributed by atoms with Gasteiger partial charge in [0.15, 0.2) is 11.3 Å². The Labute approximate surface area is 239 Å². The van der Waals surface area contributed by atoms with Crippen LogP contribution in [-0.4, -0.2) is 39.5 Å². The van der Waals surface area contributed by atoms with E-state index in [0.717, 1.165) is 6.07 Å². The van der Waals surface area contributed by atoms with E-state index in [-0.39, 0.29) is 36.6 Å². The maximum Gasteiger partial charge on any atom is 0.421 e. The molecule has 0 saturated heterocycles. The molecule has 1 fully saturated rings. The van der Waals surface area contributed by atoms with Crippen LogP contribution >= 0.6 is 11.6 Å². The van der Waals surface area contributed by atoms with Crippen LogP contribution in [0.15, 0.2) is 61.3 Å². The van der Waals surface area contributed by atoms with E-state index >= 15 is 4.39 Å². The van der Waals surface area contributed by atoms with Crippen LogP contribution in [0.2, 0.25) is 5.02 Å². The Morgan fingerprint density at radius 1 is 1.17 bits per heavy atom. The van der Waals surface area contributed by atoms with Gasteiger partial charge in [-0.1, -0.05) is 30.3 Å². The monoisotopic (exact) mass is 587 g/mol. The third-order valence-electron chi connectivity index (χ3n) is 7.95. The predicted octanol–water partition coefficient (Wildman–Crippen LogP) is 5.99. The summed E-state index contributed by atoms with van der Waals surface area (Å²) in [6.07, 6.45) is -2.35. The van der Waals surface area contributed by atoms with Crippen molar-refractivity contribution < 1.29 is 32.5 Å². The molecule has 3 aromatic rings. The minimum absolute atomic E-state index is 0.0115. The number of alkyl halides is 3. The van der Waals surface area contributed by atoms with Crippen molar-refractivity contribution in [3.05, 3.63) is 106 Å². The van der Waals surface area contributed by atoms with E-state index in [1.807, 2.05) is 6.07 Å². The maximum atomic E-state index is 16.3. The Morgan fingerprint density at radius 3 is 2.39 bits per heavy atom. The highest BCUT2D eigenvalue weighted by Crippen LogP contribution is 2.55. The van der Waals surface area contributed by atoms with Gasteiger partial charge in [-0.2, -0.15) is 18.4 Å². The molecule has 1 aliphatic carbocycles. The molecular formula is C30H26ClF4N3O3. The summed E-state index contributed by atoms with van der Waals surface area (Å²) in [5, 5.41) is 30.0. The van der Waals surface area contributed by atoms with Crippen molar-refractivity contribution in [2.75, 3.05) is 13.2 Å². The summed E-state index contributed by atoms with van der Waals surface area (Å²) in [5.41, 5.74) is -5.08. The lowest BCUT2D eigenvalue weighted by atomic mass is 9.87. The third-order valence-corrected chi connectivity index (χ3v) is 8.20. The maximum absolute atomic E-state index is 16.3. The van der Waals surface area contributed by atoms with Crippen LogP contribution in [0.25, 0.3) is 5.70 Å². The molecule has 214 valence electrons. The summed E-state index contributed by atoms with van der Waals surface area (Å²) < 4.78 is 64.2. The largest absolute Gasteiger partial charge is 0.421 e. The van der Waals surface area contributed by atoms with Crippen LogP contribution in [-0.2, 0) is 22.6 Å². The number of aliphatic hydroxyl groups excluding tert-OH is 1. The van der Waals surface area contributed by atoms with Gasteiger partial charge in [-0.15, -0.1) is 0 Å². The number of hydrogen-bond acceptors (Lipinski definition) is 6. The molecule has 1 saturated carbocycles. The topological polar surface area (TPSA) is 89.6 Å². The van der Waals surface area contributed by atoms with Gasteiger partial charge < -0.3 is 19.8 Å². The van der Waals surface area contributed by atoms with E-state index in [2.05, 4.69) is 11.6 Å². The normalized spacial score (nSPS) is 20.9. The fourth-order valence-corrected chi connectivity index (χ4v) is 5.16.